The van der Waals surface area contributed by atoms with Gasteiger partial charge in [-0.3, -0.25) is 4.79 Å². The van der Waals surface area contributed by atoms with Gasteiger partial charge in [0.1, 0.15) is 4.88 Å². The normalized spacial score (nSPS) is 21.0. The van der Waals surface area contributed by atoms with Crippen LogP contribution >= 0.6 is 11.3 Å². The molecule has 2 heterocycles. The van der Waals surface area contributed by atoms with E-state index in [0.29, 0.717) is 5.92 Å². The standard InChI is InChI=1S/C15H25N3OS/c1-4-6-13-17-11(3)14(20-13)15(19)18-8-5-7-12(9-18)10(2)16/h10,12H,4-9,16H2,1-3H3. The van der Waals surface area contributed by atoms with E-state index in [0.717, 1.165) is 54.4 Å². The molecule has 2 atom stereocenters. The molecule has 5 heteroatoms. The summed E-state index contributed by atoms with van der Waals surface area (Å²) in [4.78, 5) is 20.0. The molecule has 1 aliphatic rings. The average Bonchev–Trinajstić information content (AvgIpc) is 2.79. The van der Waals surface area contributed by atoms with E-state index in [4.69, 9.17) is 5.73 Å². The molecule has 0 spiro atoms. The molecule has 1 saturated heterocycles. The molecular formula is C15H25N3OS. The van der Waals surface area contributed by atoms with Crippen LogP contribution in [0.5, 0.6) is 0 Å². The number of piperidine rings is 1. The summed E-state index contributed by atoms with van der Waals surface area (Å²) in [5.41, 5.74) is 6.87. The third-order valence-electron chi connectivity index (χ3n) is 3.99. The fourth-order valence-corrected chi connectivity index (χ4v) is 3.87. The van der Waals surface area contributed by atoms with Crippen molar-refractivity contribution in [2.45, 2.75) is 52.5 Å². The topological polar surface area (TPSA) is 59.2 Å². The Labute approximate surface area is 125 Å². The number of carbonyl (C=O) groups is 1. The van der Waals surface area contributed by atoms with E-state index in [1.165, 1.54) is 0 Å². The minimum absolute atomic E-state index is 0.146. The molecule has 20 heavy (non-hydrogen) atoms. The lowest BCUT2D eigenvalue weighted by Crippen LogP contribution is -2.45. The van der Waals surface area contributed by atoms with E-state index >= 15 is 0 Å². The molecule has 4 nitrogen and oxygen atoms in total. The van der Waals surface area contributed by atoms with Gasteiger partial charge < -0.3 is 10.6 Å². The first kappa shape index (κ1) is 15.4. The molecule has 0 saturated carbocycles. The van der Waals surface area contributed by atoms with Crippen LogP contribution in [-0.4, -0.2) is 34.9 Å². The van der Waals surface area contributed by atoms with Gasteiger partial charge in [0.2, 0.25) is 0 Å². The Morgan fingerprint density at radius 2 is 2.35 bits per heavy atom. The van der Waals surface area contributed by atoms with Crippen molar-refractivity contribution < 1.29 is 4.79 Å². The van der Waals surface area contributed by atoms with Crippen molar-refractivity contribution in [1.82, 2.24) is 9.88 Å². The highest BCUT2D eigenvalue weighted by atomic mass is 32.1. The van der Waals surface area contributed by atoms with Crippen molar-refractivity contribution in [1.29, 1.82) is 0 Å². The Hall–Kier alpha value is -0.940. The van der Waals surface area contributed by atoms with Crippen LogP contribution < -0.4 is 5.73 Å². The van der Waals surface area contributed by atoms with Gasteiger partial charge in [-0.15, -0.1) is 11.3 Å². The number of rotatable bonds is 4. The maximum Gasteiger partial charge on any atom is 0.265 e. The minimum atomic E-state index is 0.146. The quantitative estimate of drug-likeness (QED) is 0.929. The SMILES string of the molecule is CCCc1nc(C)c(C(=O)N2CCCC(C(C)N)C2)s1. The van der Waals surface area contributed by atoms with Crippen LogP contribution in [0.15, 0.2) is 0 Å². The first-order chi connectivity index (χ1) is 9.52. The lowest BCUT2D eigenvalue weighted by Gasteiger charge is -2.34. The van der Waals surface area contributed by atoms with Gasteiger partial charge in [0.25, 0.3) is 5.91 Å². The predicted molar refractivity (Wildman–Crippen MR) is 83.1 cm³/mol. The molecule has 2 unspecified atom stereocenters. The number of aryl methyl sites for hydroxylation is 2. The second kappa shape index (κ2) is 6.68. The second-order valence-electron chi connectivity index (χ2n) is 5.78. The van der Waals surface area contributed by atoms with Crippen molar-refractivity contribution in [2.24, 2.45) is 11.7 Å². The molecule has 0 aliphatic carbocycles. The van der Waals surface area contributed by atoms with Crippen LogP contribution in [-0.2, 0) is 6.42 Å². The van der Waals surface area contributed by atoms with E-state index in [9.17, 15) is 4.79 Å². The average molecular weight is 295 g/mol. The molecule has 112 valence electrons. The van der Waals surface area contributed by atoms with Crippen molar-refractivity contribution in [2.75, 3.05) is 13.1 Å². The molecule has 1 fully saturated rings. The number of aromatic nitrogens is 1. The summed E-state index contributed by atoms with van der Waals surface area (Å²) in [6.07, 6.45) is 4.21. The Morgan fingerprint density at radius 1 is 1.60 bits per heavy atom. The summed E-state index contributed by atoms with van der Waals surface area (Å²) in [6.45, 7) is 7.75. The lowest BCUT2D eigenvalue weighted by atomic mass is 9.92. The number of nitrogens with two attached hydrogens (primary N) is 1. The molecule has 1 amide bonds. The van der Waals surface area contributed by atoms with Gasteiger partial charge in [0.15, 0.2) is 0 Å². The highest BCUT2D eigenvalue weighted by molar-refractivity contribution is 7.13. The van der Waals surface area contributed by atoms with Gasteiger partial charge in [-0.2, -0.15) is 0 Å². The molecule has 1 aromatic heterocycles. The minimum Gasteiger partial charge on any atom is -0.338 e. The summed E-state index contributed by atoms with van der Waals surface area (Å²) < 4.78 is 0. The Morgan fingerprint density at radius 3 is 3.00 bits per heavy atom. The van der Waals surface area contributed by atoms with E-state index in [1.54, 1.807) is 11.3 Å². The third kappa shape index (κ3) is 3.38. The van der Waals surface area contributed by atoms with E-state index in [1.807, 2.05) is 18.7 Å². The van der Waals surface area contributed by atoms with Crippen LogP contribution in [0.1, 0.15) is 53.5 Å². The molecule has 0 radical (unpaired) electrons. The second-order valence-corrected chi connectivity index (χ2v) is 6.87. The van der Waals surface area contributed by atoms with Crippen LogP contribution in [0.2, 0.25) is 0 Å². The number of hydrogen-bond acceptors (Lipinski definition) is 4. The Kier molecular flexibility index (Phi) is 5.16. The summed E-state index contributed by atoms with van der Waals surface area (Å²) in [6, 6.07) is 0.156. The number of amides is 1. The number of thiazole rings is 1. The summed E-state index contributed by atoms with van der Waals surface area (Å²) >= 11 is 1.56. The van der Waals surface area contributed by atoms with Gasteiger partial charge in [-0.25, -0.2) is 4.98 Å². The van der Waals surface area contributed by atoms with Gasteiger partial charge in [-0.05, 0) is 45.4 Å². The highest BCUT2D eigenvalue weighted by Crippen LogP contribution is 2.25. The molecule has 2 rings (SSSR count). The van der Waals surface area contributed by atoms with Crippen LogP contribution in [0.3, 0.4) is 0 Å². The molecule has 1 aromatic rings. The lowest BCUT2D eigenvalue weighted by molar-refractivity contribution is 0.0665. The summed E-state index contributed by atoms with van der Waals surface area (Å²) in [5, 5.41) is 1.08. The van der Waals surface area contributed by atoms with E-state index in [2.05, 4.69) is 11.9 Å². The third-order valence-corrected chi connectivity index (χ3v) is 5.19. The smallest absolute Gasteiger partial charge is 0.265 e. The Balaban J connectivity index is 2.10. The van der Waals surface area contributed by atoms with Gasteiger partial charge in [-0.1, -0.05) is 6.92 Å². The van der Waals surface area contributed by atoms with Gasteiger partial charge >= 0.3 is 0 Å². The first-order valence-corrected chi connectivity index (χ1v) is 8.35. The van der Waals surface area contributed by atoms with Crippen molar-refractivity contribution in [3.63, 3.8) is 0 Å². The first-order valence-electron chi connectivity index (χ1n) is 7.54. The summed E-state index contributed by atoms with van der Waals surface area (Å²) in [7, 11) is 0. The van der Waals surface area contributed by atoms with Crippen LogP contribution in [0.4, 0.5) is 0 Å². The number of carbonyl (C=O) groups excluding carboxylic acids is 1. The fourth-order valence-electron chi connectivity index (χ4n) is 2.74. The fraction of sp³-hybridized carbons (Fsp3) is 0.733. The Bertz CT molecular complexity index is 470. The van der Waals surface area contributed by atoms with Crippen molar-refractivity contribution in [3.05, 3.63) is 15.6 Å². The zero-order chi connectivity index (χ0) is 14.7. The van der Waals surface area contributed by atoms with E-state index in [-0.39, 0.29) is 11.9 Å². The molecular weight excluding hydrogens is 270 g/mol. The van der Waals surface area contributed by atoms with Gasteiger partial charge in [0, 0.05) is 19.1 Å². The maximum atomic E-state index is 12.7. The number of nitrogens with zero attached hydrogens (tertiary/aromatic N) is 2. The van der Waals surface area contributed by atoms with Crippen LogP contribution in [0, 0.1) is 12.8 Å². The molecule has 0 aromatic carbocycles. The molecule has 2 N–H and O–H groups in total. The highest BCUT2D eigenvalue weighted by Gasteiger charge is 2.28. The van der Waals surface area contributed by atoms with Crippen molar-refractivity contribution >= 4 is 17.2 Å². The van der Waals surface area contributed by atoms with Crippen molar-refractivity contribution in [3.8, 4) is 0 Å². The largest absolute Gasteiger partial charge is 0.338 e. The zero-order valence-corrected chi connectivity index (χ0v) is 13.5. The molecule has 0 bridgehead atoms. The van der Waals surface area contributed by atoms with E-state index < -0.39 is 0 Å². The molecule has 1 aliphatic heterocycles. The predicted octanol–water partition coefficient (Wildman–Crippen LogP) is 2.60. The van der Waals surface area contributed by atoms with Gasteiger partial charge in [0.05, 0.1) is 10.7 Å². The van der Waals surface area contributed by atoms with Crippen LogP contribution in [0.25, 0.3) is 0 Å². The number of likely N-dealkylation sites (tertiary alicyclic amines) is 1. The number of hydrogen-bond donors (Lipinski definition) is 1. The summed E-state index contributed by atoms with van der Waals surface area (Å²) in [5.74, 6) is 0.573. The zero-order valence-electron chi connectivity index (χ0n) is 12.7. The monoisotopic (exact) mass is 295 g/mol. The maximum absolute atomic E-state index is 12.7.